The molecule has 0 radical (unpaired) electrons. The van der Waals surface area contributed by atoms with Crippen LogP contribution in [0.5, 0.6) is 0 Å². The van der Waals surface area contributed by atoms with Crippen LogP contribution in [0.15, 0.2) is 18.2 Å². The van der Waals surface area contributed by atoms with Gasteiger partial charge in [0, 0.05) is 26.1 Å². The van der Waals surface area contributed by atoms with Crippen LogP contribution in [-0.2, 0) is 27.7 Å². The summed E-state index contributed by atoms with van der Waals surface area (Å²) in [6.45, 7) is 5.85. The molecule has 0 N–H and O–H groups in total. The number of rotatable bonds is 7. The molecule has 2 rings (SSSR count). The quantitative estimate of drug-likeness (QED) is 0.729. The van der Waals surface area contributed by atoms with Gasteiger partial charge in [0.1, 0.15) is 0 Å². The van der Waals surface area contributed by atoms with Crippen LogP contribution < -0.4 is 4.31 Å². The number of carbonyl (C=O) groups is 1. The fourth-order valence-electron chi connectivity index (χ4n) is 3.65. The number of aryl methyl sites for hydroxylation is 2. The molecule has 1 aliphatic rings. The summed E-state index contributed by atoms with van der Waals surface area (Å²) in [6.07, 6.45) is 7.40. The normalized spacial score (nSPS) is 15.6. The van der Waals surface area contributed by atoms with E-state index in [-0.39, 0.29) is 18.9 Å². The Kier molecular flexibility index (Phi) is 7.50. The zero-order chi connectivity index (χ0) is 19.2. The zero-order valence-electron chi connectivity index (χ0n) is 16.3. The first kappa shape index (κ1) is 20.7. The molecule has 26 heavy (non-hydrogen) atoms. The van der Waals surface area contributed by atoms with Gasteiger partial charge < -0.3 is 4.90 Å². The summed E-state index contributed by atoms with van der Waals surface area (Å²) in [5.74, 6) is 0.0626. The molecule has 1 aliphatic heterocycles. The van der Waals surface area contributed by atoms with Gasteiger partial charge in [0.25, 0.3) is 0 Å². The van der Waals surface area contributed by atoms with Gasteiger partial charge >= 0.3 is 0 Å². The number of para-hydroxylation sites is 1. The maximum atomic E-state index is 12.6. The minimum absolute atomic E-state index is 0.0626. The van der Waals surface area contributed by atoms with Crippen LogP contribution >= 0.6 is 0 Å². The predicted molar refractivity (Wildman–Crippen MR) is 107 cm³/mol. The monoisotopic (exact) mass is 380 g/mol. The second-order valence-corrected chi connectivity index (χ2v) is 8.92. The lowest BCUT2D eigenvalue weighted by molar-refractivity contribution is -0.130. The van der Waals surface area contributed by atoms with Crippen molar-refractivity contribution in [3.05, 3.63) is 29.3 Å². The molecule has 1 fully saturated rings. The van der Waals surface area contributed by atoms with Crippen LogP contribution in [0.25, 0.3) is 0 Å². The SMILES string of the molecule is CCc1cccc(CC)c1N(CCC(=O)N1CCCCCC1)S(C)(=O)=O. The highest BCUT2D eigenvalue weighted by molar-refractivity contribution is 7.92. The molecule has 146 valence electrons. The lowest BCUT2D eigenvalue weighted by Gasteiger charge is -2.28. The van der Waals surface area contributed by atoms with E-state index in [2.05, 4.69) is 0 Å². The van der Waals surface area contributed by atoms with E-state index in [0.717, 1.165) is 55.6 Å². The number of hydrogen-bond acceptors (Lipinski definition) is 3. The topological polar surface area (TPSA) is 57.7 Å². The van der Waals surface area contributed by atoms with Gasteiger partial charge in [0.15, 0.2) is 0 Å². The number of hydrogen-bond donors (Lipinski definition) is 0. The molecule has 0 aromatic heterocycles. The van der Waals surface area contributed by atoms with E-state index in [1.54, 1.807) is 0 Å². The molecule has 0 saturated carbocycles. The fraction of sp³-hybridized carbons (Fsp3) is 0.650. The molecule has 0 spiro atoms. The summed E-state index contributed by atoms with van der Waals surface area (Å²) < 4.78 is 26.5. The summed E-state index contributed by atoms with van der Waals surface area (Å²) in [6, 6.07) is 5.93. The largest absolute Gasteiger partial charge is 0.343 e. The predicted octanol–water partition coefficient (Wildman–Crippen LogP) is 3.37. The highest BCUT2D eigenvalue weighted by atomic mass is 32.2. The van der Waals surface area contributed by atoms with Crippen LogP contribution in [0, 0.1) is 0 Å². The summed E-state index contributed by atoms with van der Waals surface area (Å²) in [4.78, 5) is 14.5. The second kappa shape index (κ2) is 9.40. The van der Waals surface area contributed by atoms with Crippen molar-refractivity contribution < 1.29 is 13.2 Å². The van der Waals surface area contributed by atoms with Crippen LogP contribution in [0.2, 0.25) is 0 Å². The Morgan fingerprint density at radius 3 is 2.04 bits per heavy atom. The Labute approximate surface area is 158 Å². The number of amides is 1. The van der Waals surface area contributed by atoms with E-state index in [4.69, 9.17) is 0 Å². The molecular weight excluding hydrogens is 348 g/mol. The molecular formula is C20H32N2O3S. The van der Waals surface area contributed by atoms with Gasteiger partial charge in [0.05, 0.1) is 11.9 Å². The number of nitrogens with zero attached hydrogens (tertiary/aromatic N) is 2. The molecule has 0 bridgehead atoms. The van der Waals surface area contributed by atoms with Crippen molar-refractivity contribution in [2.45, 2.75) is 58.8 Å². The molecule has 5 nitrogen and oxygen atoms in total. The number of benzene rings is 1. The first-order valence-electron chi connectivity index (χ1n) is 9.74. The van der Waals surface area contributed by atoms with Gasteiger partial charge in [-0.05, 0) is 36.8 Å². The molecule has 0 unspecified atom stereocenters. The zero-order valence-corrected chi connectivity index (χ0v) is 17.1. The van der Waals surface area contributed by atoms with Gasteiger partial charge in [-0.3, -0.25) is 9.10 Å². The van der Waals surface area contributed by atoms with E-state index in [9.17, 15) is 13.2 Å². The standard InChI is InChI=1S/C20H32N2O3S/c1-4-17-11-10-12-18(5-2)20(17)22(26(3,24)25)16-13-19(23)21-14-8-6-7-9-15-21/h10-12H,4-9,13-16H2,1-3H3. The Hall–Kier alpha value is -1.56. The number of likely N-dealkylation sites (tertiary alicyclic amines) is 1. The molecule has 1 saturated heterocycles. The third-order valence-electron chi connectivity index (χ3n) is 5.10. The smallest absolute Gasteiger partial charge is 0.232 e. The van der Waals surface area contributed by atoms with Crippen molar-refractivity contribution in [2.24, 2.45) is 0 Å². The molecule has 6 heteroatoms. The molecule has 1 heterocycles. The maximum Gasteiger partial charge on any atom is 0.232 e. The van der Waals surface area contributed by atoms with Gasteiger partial charge in [-0.2, -0.15) is 0 Å². The third-order valence-corrected chi connectivity index (χ3v) is 6.27. The highest BCUT2D eigenvalue weighted by Crippen LogP contribution is 2.29. The second-order valence-electron chi connectivity index (χ2n) is 7.01. The minimum Gasteiger partial charge on any atom is -0.343 e. The van der Waals surface area contributed by atoms with Crippen LogP contribution in [0.1, 0.15) is 57.1 Å². The first-order valence-corrected chi connectivity index (χ1v) is 11.6. The lowest BCUT2D eigenvalue weighted by atomic mass is 10.0. The van der Waals surface area contributed by atoms with Crippen LogP contribution in [-0.4, -0.2) is 45.1 Å². The summed E-state index contributed by atoms with van der Waals surface area (Å²) >= 11 is 0. The number of sulfonamides is 1. The van der Waals surface area contributed by atoms with Crippen molar-refractivity contribution in [2.75, 3.05) is 30.2 Å². The molecule has 1 aromatic carbocycles. The third kappa shape index (κ3) is 5.22. The van der Waals surface area contributed by atoms with E-state index in [1.165, 1.54) is 23.4 Å². The summed E-state index contributed by atoms with van der Waals surface area (Å²) in [7, 11) is -3.45. The van der Waals surface area contributed by atoms with E-state index in [0.29, 0.717) is 0 Å². The molecule has 1 amide bonds. The van der Waals surface area contributed by atoms with E-state index >= 15 is 0 Å². The molecule has 1 aromatic rings. The number of anilines is 1. The van der Waals surface area contributed by atoms with Crippen molar-refractivity contribution in [1.82, 2.24) is 4.90 Å². The average molecular weight is 381 g/mol. The van der Waals surface area contributed by atoms with Crippen molar-refractivity contribution >= 4 is 21.6 Å². The highest BCUT2D eigenvalue weighted by Gasteiger charge is 2.24. The summed E-state index contributed by atoms with van der Waals surface area (Å²) in [5, 5.41) is 0. The van der Waals surface area contributed by atoms with Gasteiger partial charge in [-0.25, -0.2) is 8.42 Å². The average Bonchev–Trinajstić information content (AvgIpc) is 2.90. The van der Waals surface area contributed by atoms with Gasteiger partial charge in [-0.1, -0.05) is 44.9 Å². The number of carbonyl (C=O) groups excluding carboxylic acids is 1. The van der Waals surface area contributed by atoms with Crippen molar-refractivity contribution in [3.63, 3.8) is 0 Å². The minimum atomic E-state index is -3.45. The summed E-state index contributed by atoms with van der Waals surface area (Å²) in [5.41, 5.74) is 2.79. The van der Waals surface area contributed by atoms with Gasteiger partial charge in [0.2, 0.25) is 15.9 Å². The van der Waals surface area contributed by atoms with Crippen LogP contribution in [0.4, 0.5) is 5.69 Å². The Balaban J connectivity index is 2.23. The van der Waals surface area contributed by atoms with Gasteiger partial charge in [-0.15, -0.1) is 0 Å². The van der Waals surface area contributed by atoms with Crippen LogP contribution in [0.3, 0.4) is 0 Å². The van der Waals surface area contributed by atoms with E-state index in [1.807, 2.05) is 36.9 Å². The maximum absolute atomic E-state index is 12.6. The Morgan fingerprint density at radius 1 is 1.04 bits per heavy atom. The van der Waals surface area contributed by atoms with Crippen molar-refractivity contribution in [3.8, 4) is 0 Å². The first-order chi connectivity index (χ1) is 12.4. The lowest BCUT2D eigenvalue weighted by Crippen LogP contribution is -2.38. The molecule has 0 aliphatic carbocycles. The van der Waals surface area contributed by atoms with E-state index < -0.39 is 10.0 Å². The fourth-order valence-corrected chi connectivity index (χ4v) is 4.64. The van der Waals surface area contributed by atoms with Crippen molar-refractivity contribution in [1.29, 1.82) is 0 Å². The Bertz CT molecular complexity index is 686. The Morgan fingerprint density at radius 2 is 1.58 bits per heavy atom. The molecule has 0 atom stereocenters.